The Morgan fingerprint density at radius 2 is 1.93 bits per heavy atom. The van der Waals surface area contributed by atoms with Gasteiger partial charge in [-0.25, -0.2) is 0 Å². The van der Waals surface area contributed by atoms with Crippen LogP contribution in [0, 0.1) is 0 Å². The van der Waals surface area contributed by atoms with E-state index in [0.29, 0.717) is 22.3 Å². The van der Waals surface area contributed by atoms with Gasteiger partial charge >= 0.3 is 0 Å². The largest absolute Gasteiger partial charge is 0.303 e. The molecule has 0 unspecified atom stereocenters. The molecule has 1 atom stereocenters. The molecule has 2 aliphatic heterocycles. The zero-order valence-corrected chi connectivity index (χ0v) is 16.1. The van der Waals surface area contributed by atoms with Crippen LogP contribution in [0.1, 0.15) is 40.7 Å². The topological polar surface area (TPSA) is 100.0 Å². The predicted molar refractivity (Wildman–Crippen MR) is 107 cm³/mol. The zero-order valence-electron chi connectivity index (χ0n) is 14.5. The normalized spacial score (nSPS) is 24.8. The maximum absolute atomic E-state index is 12.6. The van der Waals surface area contributed by atoms with Crippen LogP contribution in [0.2, 0.25) is 0 Å². The number of Topliss-reactive ketones (excluding diaryl/α,β-unsaturated/α-hetero) is 1. The van der Waals surface area contributed by atoms with Gasteiger partial charge in [0.1, 0.15) is 5.84 Å². The Kier molecular flexibility index (Phi) is 5.31. The van der Waals surface area contributed by atoms with E-state index in [4.69, 9.17) is 0 Å². The fourth-order valence-electron chi connectivity index (χ4n) is 3.26. The zero-order chi connectivity index (χ0) is 18.8. The van der Waals surface area contributed by atoms with Gasteiger partial charge in [0.15, 0.2) is 11.0 Å². The highest BCUT2D eigenvalue weighted by molar-refractivity contribution is 8.15. The first-order valence-corrected chi connectivity index (χ1v) is 10.7. The van der Waals surface area contributed by atoms with E-state index in [1.54, 1.807) is 0 Å². The molecule has 3 aliphatic rings. The fourth-order valence-corrected chi connectivity index (χ4v) is 4.77. The highest BCUT2D eigenvalue weighted by Crippen LogP contribution is 2.26. The molecule has 2 heterocycles. The molecule has 140 valence electrons. The molecule has 1 aliphatic carbocycles. The molecule has 2 fully saturated rings. The summed E-state index contributed by atoms with van der Waals surface area (Å²) in [4.78, 5) is 35.9. The third-order valence-corrected chi connectivity index (χ3v) is 6.52. The van der Waals surface area contributed by atoms with E-state index in [9.17, 15) is 14.4 Å². The average Bonchev–Trinajstić information content (AvgIpc) is 3.25. The summed E-state index contributed by atoms with van der Waals surface area (Å²) in [6, 6.07) is 5.89. The summed E-state index contributed by atoms with van der Waals surface area (Å²) in [5.41, 5.74) is 3.25. The third-order valence-electron chi connectivity index (χ3n) is 4.67. The highest BCUT2D eigenvalue weighted by Gasteiger charge is 2.32. The number of aryl methyl sites for hydroxylation is 2. The van der Waals surface area contributed by atoms with Gasteiger partial charge in [-0.3, -0.25) is 14.4 Å². The first kappa shape index (κ1) is 18.2. The number of rotatable bonds is 4. The van der Waals surface area contributed by atoms with Crippen LogP contribution >= 0.6 is 23.5 Å². The highest BCUT2D eigenvalue weighted by atomic mass is 32.2. The second-order valence-electron chi connectivity index (χ2n) is 6.57. The van der Waals surface area contributed by atoms with Crippen molar-refractivity contribution in [1.29, 1.82) is 0 Å². The maximum atomic E-state index is 12.6. The van der Waals surface area contributed by atoms with Crippen molar-refractivity contribution in [2.24, 2.45) is 10.2 Å². The molecular weight excluding hydrogens is 384 g/mol. The Hall–Kier alpha value is -2.13. The van der Waals surface area contributed by atoms with Crippen LogP contribution in [0.3, 0.4) is 0 Å². The molecule has 7 nitrogen and oxygen atoms in total. The van der Waals surface area contributed by atoms with Gasteiger partial charge in [0.2, 0.25) is 5.91 Å². The lowest BCUT2D eigenvalue weighted by molar-refractivity contribution is -0.118. The molecule has 9 heteroatoms. The van der Waals surface area contributed by atoms with Gasteiger partial charge < -0.3 is 10.6 Å². The van der Waals surface area contributed by atoms with Crippen molar-refractivity contribution < 1.29 is 14.4 Å². The number of carbonyl (C=O) groups excluding carboxylic acids is 3. The number of hydrogen-bond donors (Lipinski definition) is 2. The Morgan fingerprint density at radius 3 is 2.70 bits per heavy atom. The summed E-state index contributed by atoms with van der Waals surface area (Å²) in [7, 11) is 0. The average molecular weight is 403 g/mol. The Balaban J connectivity index is 1.40. The van der Waals surface area contributed by atoms with Gasteiger partial charge in [-0.15, -0.1) is 10.2 Å². The molecule has 2 N–H and O–H groups in total. The van der Waals surface area contributed by atoms with Gasteiger partial charge in [-0.2, -0.15) is 0 Å². The van der Waals surface area contributed by atoms with Gasteiger partial charge in [0.25, 0.3) is 5.24 Å². The SMILES string of the molecule is O=C1N/C(=N/N=C2\NC(=O)[C@H](CC(=O)c3ccc4c(c3)CCCC4)S2)CS1. The smallest absolute Gasteiger partial charge is 0.284 e. The number of ketones is 1. The quantitative estimate of drug-likeness (QED) is 0.595. The molecule has 0 spiro atoms. The number of nitrogens with zero attached hydrogens (tertiary/aromatic N) is 2. The summed E-state index contributed by atoms with van der Waals surface area (Å²) in [5.74, 6) is 0.619. The third kappa shape index (κ3) is 4.24. The fraction of sp³-hybridized carbons (Fsp3) is 0.389. The molecule has 0 aromatic heterocycles. The van der Waals surface area contributed by atoms with Gasteiger partial charge in [-0.05, 0) is 42.9 Å². The van der Waals surface area contributed by atoms with E-state index in [2.05, 4.69) is 20.8 Å². The number of nitrogens with one attached hydrogen (secondary N) is 2. The van der Waals surface area contributed by atoms with Gasteiger partial charge in [-0.1, -0.05) is 35.7 Å². The van der Waals surface area contributed by atoms with Crippen LogP contribution in [-0.2, 0) is 17.6 Å². The minimum atomic E-state index is -0.514. The van der Waals surface area contributed by atoms with Crippen molar-refractivity contribution in [3.05, 3.63) is 34.9 Å². The van der Waals surface area contributed by atoms with Crippen molar-refractivity contribution in [3.8, 4) is 0 Å². The Morgan fingerprint density at radius 1 is 1.11 bits per heavy atom. The number of thioether (sulfide) groups is 2. The maximum Gasteiger partial charge on any atom is 0.284 e. The summed E-state index contributed by atoms with van der Waals surface area (Å²) in [6.07, 6.45) is 4.57. The van der Waals surface area contributed by atoms with Crippen LogP contribution in [0.15, 0.2) is 28.4 Å². The molecule has 2 saturated heterocycles. The Bertz CT molecular complexity index is 881. The first-order valence-electron chi connectivity index (χ1n) is 8.79. The minimum absolute atomic E-state index is 0.0388. The lowest BCUT2D eigenvalue weighted by atomic mass is 9.89. The van der Waals surface area contributed by atoms with Gasteiger partial charge in [0.05, 0.1) is 11.0 Å². The predicted octanol–water partition coefficient (Wildman–Crippen LogP) is 2.50. The summed E-state index contributed by atoms with van der Waals surface area (Å²) in [5, 5.41) is 12.8. The first-order chi connectivity index (χ1) is 13.1. The lowest BCUT2D eigenvalue weighted by Gasteiger charge is -2.16. The van der Waals surface area contributed by atoms with Crippen LogP contribution < -0.4 is 10.6 Å². The van der Waals surface area contributed by atoms with Crippen LogP contribution in [-0.4, -0.2) is 38.9 Å². The van der Waals surface area contributed by atoms with E-state index >= 15 is 0 Å². The van der Waals surface area contributed by atoms with Crippen LogP contribution in [0.4, 0.5) is 4.79 Å². The minimum Gasteiger partial charge on any atom is -0.303 e. The number of benzene rings is 1. The summed E-state index contributed by atoms with van der Waals surface area (Å²) >= 11 is 2.31. The van der Waals surface area contributed by atoms with E-state index in [0.717, 1.165) is 31.0 Å². The second-order valence-corrected chi connectivity index (χ2v) is 8.71. The molecule has 1 aromatic carbocycles. The van der Waals surface area contributed by atoms with Crippen molar-refractivity contribution in [2.45, 2.75) is 37.4 Å². The summed E-state index contributed by atoms with van der Waals surface area (Å²) in [6.45, 7) is 0. The molecule has 1 aromatic rings. The van der Waals surface area contributed by atoms with Crippen molar-refractivity contribution in [1.82, 2.24) is 10.6 Å². The standard InChI is InChI=1S/C18H18N4O3S2/c23-13(12-6-5-10-3-1-2-4-11(10)7-12)8-14-16(24)20-17(27-14)22-21-15-9-26-18(25)19-15/h5-7,14H,1-4,8-9H2,(H,19,21,25)(H,20,22,24)/t14-/m0/s1. The monoisotopic (exact) mass is 402 g/mol. The van der Waals surface area contributed by atoms with Crippen molar-refractivity contribution in [3.63, 3.8) is 0 Å². The molecule has 27 heavy (non-hydrogen) atoms. The van der Waals surface area contributed by atoms with E-state index < -0.39 is 5.25 Å². The summed E-state index contributed by atoms with van der Waals surface area (Å²) < 4.78 is 0. The molecule has 0 bridgehead atoms. The van der Waals surface area contributed by atoms with Crippen LogP contribution in [0.25, 0.3) is 0 Å². The molecule has 0 radical (unpaired) electrons. The van der Waals surface area contributed by atoms with Gasteiger partial charge in [0, 0.05) is 12.0 Å². The number of fused-ring (bicyclic) bond motifs is 1. The van der Waals surface area contributed by atoms with Crippen molar-refractivity contribution in [2.75, 3.05) is 5.75 Å². The lowest BCUT2D eigenvalue weighted by Crippen LogP contribution is -2.26. The number of carbonyl (C=O) groups is 3. The molecular formula is C18H18N4O3S2. The molecule has 2 amide bonds. The molecule has 0 saturated carbocycles. The van der Waals surface area contributed by atoms with E-state index in [1.165, 1.54) is 29.3 Å². The second kappa shape index (κ2) is 7.85. The number of amides is 2. The van der Waals surface area contributed by atoms with E-state index in [-0.39, 0.29) is 23.4 Å². The molecule has 4 rings (SSSR count). The Labute approximate surface area is 164 Å². The number of hydrogen-bond acceptors (Lipinski definition) is 7. The van der Waals surface area contributed by atoms with Crippen LogP contribution in [0.5, 0.6) is 0 Å². The van der Waals surface area contributed by atoms with Crippen molar-refractivity contribution >= 4 is 51.5 Å². The van der Waals surface area contributed by atoms with E-state index in [1.807, 2.05) is 18.2 Å². The number of amidine groups is 2.